The first-order chi connectivity index (χ1) is 8.72. The topological polar surface area (TPSA) is 32.9 Å². The highest BCUT2D eigenvalue weighted by molar-refractivity contribution is 6.30. The van der Waals surface area contributed by atoms with E-state index in [1.165, 1.54) is 11.1 Å². The molecule has 2 aromatic rings. The molecule has 18 heavy (non-hydrogen) atoms. The smallest absolute Gasteiger partial charge is 0.141 e. The minimum Gasteiger partial charge on any atom is -0.367 e. The molecule has 1 atom stereocenters. The predicted molar refractivity (Wildman–Crippen MR) is 71.9 cm³/mol. The third kappa shape index (κ3) is 2.21. The van der Waals surface area contributed by atoms with Gasteiger partial charge >= 0.3 is 0 Å². The summed E-state index contributed by atoms with van der Waals surface area (Å²) in [6.07, 6.45) is 6.03. The number of Topliss-reactive ketones (excluding diaryl/α,β-unsaturated/α-hetero) is 1. The molecule has 0 spiro atoms. The van der Waals surface area contributed by atoms with Crippen LogP contribution in [0.4, 0.5) is 0 Å². The van der Waals surface area contributed by atoms with Crippen molar-refractivity contribution >= 4 is 17.4 Å². The molecular formula is C15H14ClNO. The molecule has 0 saturated heterocycles. The average molecular weight is 260 g/mol. The number of carbonyl (C=O) groups is 1. The number of hydrogen-bond donors (Lipinski definition) is 1. The van der Waals surface area contributed by atoms with Crippen LogP contribution in [0.2, 0.25) is 5.02 Å². The monoisotopic (exact) mass is 259 g/mol. The van der Waals surface area contributed by atoms with E-state index < -0.39 is 0 Å². The molecule has 92 valence electrons. The summed E-state index contributed by atoms with van der Waals surface area (Å²) >= 11 is 5.96. The molecule has 0 aliphatic heterocycles. The summed E-state index contributed by atoms with van der Waals surface area (Å²) in [6.45, 7) is 0. The Morgan fingerprint density at radius 1 is 1.28 bits per heavy atom. The quantitative estimate of drug-likeness (QED) is 0.883. The maximum Gasteiger partial charge on any atom is 0.141 e. The van der Waals surface area contributed by atoms with Gasteiger partial charge in [-0.15, -0.1) is 0 Å². The second-order valence-electron chi connectivity index (χ2n) is 4.88. The highest BCUT2D eigenvalue weighted by Gasteiger charge is 2.26. The van der Waals surface area contributed by atoms with Crippen molar-refractivity contribution in [2.45, 2.75) is 19.3 Å². The molecule has 0 radical (unpaired) electrons. The van der Waals surface area contributed by atoms with Crippen LogP contribution in [0.5, 0.6) is 0 Å². The number of aromatic nitrogens is 1. The molecule has 0 fully saturated rings. The van der Waals surface area contributed by atoms with Gasteiger partial charge in [0, 0.05) is 29.8 Å². The lowest BCUT2D eigenvalue weighted by molar-refractivity contribution is -0.122. The Morgan fingerprint density at radius 2 is 2.17 bits per heavy atom. The van der Waals surface area contributed by atoms with Crippen molar-refractivity contribution in [3.63, 3.8) is 0 Å². The number of rotatable bonds is 2. The van der Waals surface area contributed by atoms with Crippen molar-refractivity contribution < 1.29 is 4.79 Å². The highest BCUT2D eigenvalue weighted by Crippen LogP contribution is 2.27. The van der Waals surface area contributed by atoms with Gasteiger partial charge in [0.1, 0.15) is 5.78 Å². The van der Waals surface area contributed by atoms with E-state index in [9.17, 15) is 4.79 Å². The fraction of sp³-hybridized carbons (Fsp3) is 0.267. The third-order valence-electron chi connectivity index (χ3n) is 3.60. The summed E-state index contributed by atoms with van der Waals surface area (Å²) in [4.78, 5) is 15.2. The van der Waals surface area contributed by atoms with Crippen molar-refractivity contribution in [2.75, 3.05) is 0 Å². The van der Waals surface area contributed by atoms with E-state index in [-0.39, 0.29) is 5.92 Å². The van der Waals surface area contributed by atoms with E-state index in [0.717, 1.165) is 18.4 Å². The molecule has 0 bridgehead atoms. The number of H-pyrrole nitrogens is 1. The van der Waals surface area contributed by atoms with Crippen molar-refractivity contribution in [1.82, 2.24) is 4.98 Å². The standard InChI is InChI=1S/C15H14ClNO/c16-14-2-1-11-6-13(5-10-3-4-17-9-10)15(18)8-12(11)7-14/h1-4,7,9,13,17H,5-6,8H2. The summed E-state index contributed by atoms with van der Waals surface area (Å²) in [5.74, 6) is 0.431. The molecule has 2 nitrogen and oxygen atoms in total. The Balaban J connectivity index is 1.83. The van der Waals surface area contributed by atoms with Crippen molar-refractivity contribution in [3.8, 4) is 0 Å². The van der Waals surface area contributed by atoms with Crippen LogP contribution in [0.1, 0.15) is 16.7 Å². The number of halogens is 1. The van der Waals surface area contributed by atoms with Crippen LogP contribution < -0.4 is 0 Å². The number of fused-ring (bicyclic) bond motifs is 1. The van der Waals surface area contributed by atoms with E-state index in [0.29, 0.717) is 17.2 Å². The first kappa shape index (κ1) is 11.5. The predicted octanol–water partition coefficient (Wildman–Crippen LogP) is 3.19. The Bertz CT molecular complexity index is 574. The SMILES string of the molecule is O=C1Cc2cc(Cl)ccc2CC1Cc1cc[nH]c1. The number of benzene rings is 1. The van der Waals surface area contributed by atoms with Crippen molar-refractivity contribution in [3.05, 3.63) is 58.4 Å². The molecule has 3 heteroatoms. The van der Waals surface area contributed by atoms with Gasteiger partial charge in [0.2, 0.25) is 0 Å². The van der Waals surface area contributed by atoms with Crippen LogP contribution in [-0.2, 0) is 24.1 Å². The second-order valence-corrected chi connectivity index (χ2v) is 5.32. The highest BCUT2D eigenvalue weighted by atomic mass is 35.5. The van der Waals surface area contributed by atoms with Gasteiger partial charge in [-0.2, -0.15) is 0 Å². The van der Waals surface area contributed by atoms with E-state index >= 15 is 0 Å². The molecule has 1 aliphatic carbocycles. The summed E-state index contributed by atoms with van der Waals surface area (Å²) in [5.41, 5.74) is 3.56. The number of carbonyl (C=O) groups excluding carboxylic acids is 1. The van der Waals surface area contributed by atoms with Crippen LogP contribution in [0.3, 0.4) is 0 Å². The number of hydrogen-bond acceptors (Lipinski definition) is 1. The molecule has 1 aliphatic rings. The Hall–Kier alpha value is -1.54. The zero-order chi connectivity index (χ0) is 12.5. The molecule has 1 aromatic carbocycles. The second kappa shape index (κ2) is 4.62. The number of aromatic amines is 1. The van der Waals surface area contributed by atoms with Gasteiger partial charge in [0.15, 0.2) is 0 Å². The lowest BCUT2D eigenvalue weighted by Gasteiger charge is -2.23. The first-order valence-corrected chi connectivity index (χ1v) is 6.52. The van der Waals surface area contributed by atoms with Crippen molar-refractivity contribution in [2.24, 2.45) is 5.92 Å². The third-order valence-corrected chi connectivity index (χ3v) is 3.83. The van der Waals surface area contributed by atoms with Gasteiger partial charge in [-0.25, -0.2) is 0 Å². The van der Waals surface area contributed by atoms with Crippen LogP contribution in [0.25, 0.3) is 0 Å². The van der Waals surface area contributed by atoms with E-state index in [1.807, 2.05) is 36.7 Å². The Labute approximate surface area is 111 Å². The maximum absolute atomic E-state index is 12.1. The molecular weight excluding hydrogens is 246 g/mol. The molecule has 1 N–H and O–H groups in total. The molecule has 3 rings (SSSR count). The van der Waals surface area contributed by atoms with Gasteiger partial charge in [0.25, 0.3) is 0 Å². The lowest BCUT2D eigenvalue weighted by atomic mass is 9.80. The average Bonchev–Trinajstić information content (AvgIpc) is 2.83. The first-order valence-electron chi connectivity index (χ1n) is 6.14. The Kier molecular flexibility index (Phi) is 2.96. The van der Waals surface area contributed by atoms with Gasteiger partial charge in [-0.1, -0.05) is 17.7 Å². The number of ketones is 1. The minimum absolute atomic E-state index is 0.106. The summed E-state index contributed by atoms with van der Waals surface area (Å²) in [5, 5.41) is 0.714. The number of nitrogens with one attached hydrogen (secondary N) is 1. The van der Waals surface area contributed by atoms with Crippen LogP contribution >= 0.6 is 11.6 Å². The van der Waals surface area contributed by atoms with Gasteiger partial charge in [-0.3, -0.25) is 4.79 Å². The zero-order valence-electron chi connectivity index (χ0n) is 9.95. The zero-order valence-corrected chi connectivity index (χ0v) is 10.7. The summed E-state index contributed by atoms with van der Waals surface area (Å²) in [7, 11) is 0. The summed E-state index contributed by atoms with van der Waals surface area (Å²) < 4.78 is 0. The molecule has 1 heterocycles. The fourth-order valence-corrected chi connectivity index (χ4v) is 2.82. The summed E-state index contributed by atoms with van der Waals surface area (Å²) in [6, 6.07) is 7.91. The largest absolute Gasteiger partial charge is 0.367 e. The van der Waals surface area contributed by atoms with Gasteiger partial charge in [0.05, 0.1) is 0 Å². The van der Waals surface area contributed by atoms with Crippen LogP contribution in [0.15, 0.2) is 36.7 Å². The van der Waals surface area contributed by atoms with E-state index in [1.54, 1.807) is 0 Å². The lowest BCUT2D eigenvalue weighted by Crippen LogP contribution is -2.27. The molecule has 1 unspecified atom stereocenters. The van der Waals surface area contributed by atoms with Crippen LogP contribution in [0, 0.1) is 5.92 Å². The molecule has 0 saturated carbocycles. The van der Waals surface area contributed by atoms with E-state index in [2.05, 4.69) is 4.98 Å². The molecule has 0 amide bonds. The van der Waals surface area contributed by atoms with Gasteiger partial charge in [-0.05, 0) is 47.7 Å². The minimum atomic E-state index is 0.106. The normalized spacial score (nSPS) is 18.7. The maximum atomic E-state index is 12.1. The van der Waals surface area contributed by atoms with Crippen LogP contribution in [-0.4, -0.2) is 10.8 Å². The van der Waals surface area contributed by atoms with E-state index in [4.69, 9.17) is 11.6 Å². The Morgan fingerprint density at radius 3 is 2.94 bits per heavy atom. The van der Waals surface area contributed by atoms with Gasteiger partial charge < -0.3 is 4.98 Å². The van der Waals surface area contributed by atoms with Crippen molar-refractivity contribution in [1.29, 1.82) is 0 Å². The fourth-order valence-electron chi connectivity index (χ4n) is 2.63. The molecule has 1 aromatic heterocycles.